The van der Waals surface area contributed by atoms with Gasteiger partial charge in [0.2, 0.25) is 5.91 Å². The molecule has 11 heteroatoms. The van der Waals surface area contributed by atoms with Gasteiger partial charge in [0.25, 0.3) is 5.91 Å². The van der Waals surface area contributed by atoms with Gasteiger partial charge in [-0.3, -0.25) is 19.5 Å². The highest BCUT2D eigenvalue weighted by atomic mass is 35.5. The van der Waals surface area contributed by atoms with Gasteiger partial charge in [0.05, 0.1) is 30.3 Å². The zero-order valence-corrected chi connectivity index (χ0v) is 18.3. The minimum Gasteiger partial charge on any atom is -0.489 e. The van der Waals surface area contributed by atoms with Gasteiger partial charge < -0.3 is 24.4 Å². The van der Waals surface area contributed by atoms with Crippen LogP contribution in [-0.4, -0.2) is 67.9 Å². The van der Waals surface area contributed by atoms with Gasteiger partial charge in [-0.05, 0) is 24.3 Å². The molecule has 0 bridgehead atoms. The molecule has 0 spiro atoms. The molecule has 2 saturated heterocycles. The number of pyridine rings is 1. The molecule has 1 aromatic carbocycles. The number of rotatable bonds is 5. The Morgan fingerprint density at radius 1 is 1.24 bits per heavy atom. The van der Waals surface area contributed by atoms with Crippen LogP contribution < -0.4 is 19.9 Å². The predicted octanol–water partition coefficient (Wildman–Crippen LogP) is 1.54. The molecule has 2 aromatic rings. The maximum atomic E-state index is 12.6. The van der Waals surface area contributed by atoms with Crippen molar-refractivity contribution in [3.63, 3.8) is 0 Å². The summed E-state index contributed by atoms with van der Waals surface area (Å²) in [5.74, 6) is 0.134. The Labute approximate surface area is 194 Å². The molecule has 10 nitrogen and oxygen atoms in total. The number of nitrogens with one attached hydrogen (secondary N) is 1. The van der Waals surface area contributed by atoms with Gasteiger partial charge in [-0.2, -0.15) is 0 Å². The van der Waals surface area contributed by atoms with E-state index in [4.69, 9.17) is 25.8 Å². The standard InChI is InChI=1S/C22H21ClN4O6/c23-13-1-2-14(24-9-13)7-20(28)25-10-19-17-11-32-18-8-15(26-5-6-31-12-21(26)29)3-4-16(18)27(17)22(30)33-19/h1-4,8-9,17,19H,5-7,10-12H2,(H,25,28)/t17-,19-/m0/s1. The van der Waals surface area contributed by atoms with E-state index in [0.717, 1.165) is 0 Å². The van der Waals surface area contributed by atoms with Crippen molar-refractivity contribution in [2.75, 3.05) is 42.7 Å². The fraction of sp³-hybridized carbons (Fsp3) is 0.364. The molecular formula is C22H21ClN4O6. The number of aromatic nitrogens is 1. The minimum absolute atomic E-state index is 0.0416. The van der Waals surface area contributed by atoms with Crippen LogP contribution >= 0.6 is 11.6 Å². The van der Waals surface area contributed by atoms with Crippen molar-refractivity contribution in [3.8, 4) is 5.75 Å². The summed E-state index contributed by atoms with van der Waals surface area (Å²) in [5, 5.41) is 3.29. The van der Waals surface area contributed by atoms with E-state index in [1.54, 1.807) is 40.1 Å². The first-order chi connectivity index (χ1) is 16.0. The lowest BCUT2D eigenvalue weighted by Crippen LogP contribution is -2.48. The number of hydrogen-bond donors (Lipinski definition) is 1. The Morgan fingerprint density at radius 3 is 2.91 bits per heavy atom. The van der Waals surface area contributed by atoms with Gasteiger partial charge in [0, 0.05) is 30.2 Å². The number of nitrogens with zero attached hydrogens (tertiary/aromatic N) is 3. The summed E-state index contributed by atoms with van der Waals surface area (Å²) < 4.78 is 16.6. The fourth-order valence-electron chi connectivity index (χ4n) is 4.11. The van der Waals surface area contributed by atoms with E-state index < -0.39 is 12.2 Å². The number of morpholine rings is 1. The molecule has 33 heavy (non-hydrogen) atoms. The third-order valence-electron chi connectivity index (χ3n) is 5.75. The number of carbonyl (C=O) groups is 3. The van der Waals surface area contributed by atoms with E-state index in [0.29, 0.717) is 41.0 Å². The van der Waals surface area contributed by atoms with Crippen molar-refractivity contribution in [1.29, 1.82) is 0 Å². The number of carbonyl (C=O) groups excluding carboxylic acids is 3. The molecule has 0 radical (unpaired) electrons. The third-order valence-corrected chi connectivity index (χ3v) is 5.97. The van der Waals surface area contributed by atoms with Gasteiger partial charge in [-0.25, -0.2) is 4.79 Å². The molecule has 2 atom stereocenters. The largest absolute Gasteiger partial charge is 0.489 e. The molecular weight excluding hydrogens is 452 g/mol. The molecule has 0 unspecified atom stereocenters. The van der Waals surface area contributed by atoms with Gasteiger partial charge in [0.15, 0.2) is 0 Å². The van der Waals surface area contributed by atoms with E-state index >= 15 is 0 Å². The summed E-state index contributed by atoms with van der Waals surface area (Å²) in [5.41, 5.74) is 1.85. The number of cyclic esters (lactones) is 1. The highest BCUT2D eigenvalue weighted by Gasteiger charge is 2.46. The van der Waals surface area contributed by atoms with Crippen LogP contribution in [0.15, 0.2) is 36.5 Å². The number of hydrogen-bond acceptors (Lipinski definition) is 7. The third kappa shape index (κ3) is 4.31. The summed E-state index contributed by atoms with van der Waals surface area (Å²) in [6.45, 7) is 1.32. The average Bonchev–Trinajstić information content (AvgIpc) is 3.15. The average molecular weight is 473 g/mol. The molecule has 0 saturated carbocycles. The van der Waals surface area contributed by atoms with Crippen LogP contribution in [-0.2, 0) is 25.5 Å². The Morgan fingerprint density at radius 2 is 2.12 bits per heavy atom. The lowest BCUT2D eigenvalue weighted by atomic mass is 10.1. The molecule has 1 aromatic heterocycles. The molecule has 2 fully saturated rings. The van der Waals surface area contributed by atoms with E-state index in [2.05, 4.69) is 10.3 Å². The lowest BCUT2D eigenvalue weighted by molar-refractivity contribution is -0.125. The number of ether oxygens (including phenoxy) is 3. The highest BCUT2D eigenvalue weighted by Crippen LogP contribution is 2.41. The maximum absolute atomic E-state index is 12.6. The first-order valence-corrected chi connectivity index (χ1v) is 10.9. The predicted molar refractivity (Wildman–Crippen MR) is 118 cm³/mol. The van der Waals surface area contributed by atoms with Crippen molar-refractivity contribution in [3.05, 3.63) is 47.2 Å². The van der Waals surface area contributed by atoms with Gasteiger partial charge >= 0.3 is 6.09 Å². The molecule has 3 aliphatic heterocycles. The Balaban J connectivity index is 1.24. The second-order valence-corrected chi connectivity index (χ2v) is 8.31. The molecule has 3 amide bonds. The first kappa shape index (κ1) is 21.5. The van der Waals surface area contributed by atoms with Gasteiger partial charge in [-0.1, -0.05) is 11.6 Å². The molecule has 3 aliphatic rings. The number of benzene rings is 1. The zero-order valence-electron chi connectivity index (χ0n) is 17.5. The minimum atomic E-state index is -0.562. The van der Waals surface area contributed by atoms with E-state index in [-0.39, 0.29) is 44.0 Å². The maximum Gasteiger partial charge on any atom is 0.415 e. The number of fused-ring (bicyclic) bond motifs is 3. The van der Waals surface area contributed by atoms with Crippen LogP contribution in [0.2, 0.25) is 5.02 Å². The zero-order chi connectivity index (χ0) is 22.9. The molecule has 5 rings (SSSR count). The van der Waals surface area contributed by atoms with Crippen molar-refractivity contribution in [2.45, 2.75) is 18.6 Å². The molecule has 1 N–H and O–H groups in total. The first-order valence-electron chi connectivity index (χ1n) is 10.5. The number of amides is 3. The van der Waals surface area contributed by atoms with Crippen LogP contribution in [0.4, 0.5) is 16.2 Å². The summed E-state index contributed by atoms with van der Waals surface area (Å²) in [7, 11) is 0. The monoisotopic (exact) mass is 472 g/mol. The van der Waals surface area contributed by atoms with Crippen molar-refractivity contribution >= 4 is 40.9 Å². The number of halogens is 1. The van der Waals surface area contributed by atoms with Crippen LogP contribution in [0.1, 0.15) is 5.69 Å². The summed E-state index contributed by atoms with van der Waals surface area (Å²) in [4.78, 5) is 44.3. The van der Waals surface area contributed by atoms with Crippen LogP contribution in [0, 0.1) is 0 Å². The number of anilines is 2. The summed E-state index contributed by atoms with van der Waals surface area (Å²) in [6.07, 6.45) is 0.513. The second-order valence-electron chi connectivity index (χ2n) is 7.87. The van der Waals surface area contributed by atoms with Gasteiger partial charge in [0.1, 0.15) is 31.1 Å². The smallest absolute Gasteiger partial charge is 0.415 e. The van der Waals surface area contributed by atoms with Crippen LogP contribution in [0.25, 0.3) is 0 Å². The Kier molecular flexibility index (Phi) is 5.77. The lowest BCUT2D eigenvalue weighted by Gasteiger charge is -2.33. The van der Waals surface area contributed by atoms with E-state index in [1.165, 1.54) is 6.20 Å². The van der Waals surface area contributed by atoms with Crippen molar-refractivity contribution in [2.24, 2.45) is 0 Å². The summed E-state index contributed by atoms with van der Waals surface area (Å²) in [6, 6.07) is 8.24. The van der Waals surface area contributed by atoms with Crippen LogP contribution in [0.3, 0.4) is 0 Å². The van der Waals surface area contributed by atoms with Crippen molar-refractivity contribution in [1.82, 2.24) is 10.3 Å². The second kappa shape index (κ2) is 8.87. The Bertz CT molecular complexity index is 1090. The summed E-state index contributed by atoms with van der Waals surface area (Å²) >= 11 is 5.81. The van der Waals surface area contributed by atoms with Gasteiger partial charge in [-0.15, -0.1) is 0 Å². The van der Waals surface area contributed by atoms with Crippen molar-refractivity contribution < 1.29 is 28.6 Å². The van der Waals surface area contributed by atoms with E-state index in [1.807, 2.05) is 0 Å². The Hall–Kier alpha value is -3.37. The molecule has 4 heterocycles. The highest BCUT2D eigenvalue weighted by molar-refractivity contribution is 6.30. The quantitative estimate of drug-likeness (QED) is 0.702. The fourth-order valence-corrected chi connectivity index (χ4v) is 4.22. The van der Waals surface area contributed by atoms with E-state index in [9.17, 15) is 14.4 Å². The molecule has 172 valence electrons. The molecule has 0 aliphatic carbocycles. The normalized spacial score (nSPS) is 21.7. The SMILES string of the molecule is O=C(Cc1ccc(Cl)cn1)NC[C@@H]1OC(=O)N2c3ccc(N4CCOCC4=O)cc3OC[C@@H]12. The van der Waals surface area contributed by atoms with Crippen LogP contribution in [0.5, 0.6) is 5.75 Å². The topological polar surface area (TPSA) is 110 Å².